The van der Waals surface area contributed by atoms with E-state index < -0.39 is 0 Å². The Morgan fingerprint density at radius 3 is 2.75 bits per heavy atom. The lowest BCUT2D eigenvalue weighted by Crippen LogP contribution is -2.12. The maximum Gasteiger partial charge on any atom is 0.0950 e. The lowest BCUT2D eigenvalue weighted by Gasteiger charge is -2.02. The molecule has 0 aliphatic rings. The smallest absolute Gasteiger partial charge is 0.0950 e. The third-order valence-corrected chi connectivity index (χ3v) is 2.04. The van der Waals surface area contributed by atoms with Crippen LogP contribution in [0.4, 0.5) is 0 Å². The van der Waals surface area contributed by atoms with Crippen molar-refractivity contribution in [3.8, 4) is 0 Å². The fourth-order valence-electron chi connectivity index (χ4n) is 1.04. The predicted octanol–water partition coefficient (Wildman–Crippen LogP) is 2.13. The van der Waals surface area contributed by atoms with Crippen molar-refractivity contribution in [3.63, 3.8) is 0 Å². The van der Waals surface area contributed by atoms with Gasteiger partial charge in [-0.2, -0.15) is 0 Å². The molecule has 0 saturated heterocycles. The molecule has 0 bridgehead atoms. The largest absolute Gasteiger partial charge is 0.387 e. The molecule has 1 aromatic carbocycles. The summed E-state index contributed by atoms with van der Waals surface area (Å²) in [5, 5.41) is 7.85. The van der Waals surface area contributed by atoms with Crippen LogP contribution in [-0.4, -0.2) is 5.84 Å². The molecule has 1 aromatic rings. The van der Waals surface area contributed by atoms with Crippen LogP contribution in [0.5, 0.6) is 0 Å². The van der Waals surface area contributed by atoms with Crippen molar-refractivity contribution in [2.45, 2.75) is 13.3 Å². The van der Waals surface area contributed by atoms with Gasteiger partial charge < -0.3 is 5.73 Å². The van der Waals surface area contributed by atoms with E-state index in [1.165, 1.54) is 0 Å². The topological polar surface area (TPSA) is 49.9 Å². The Hall–Kier alpha value is -1.02. The Balaban J connectivity index is 2.89. The Morgan fingerprint density at radius 1 is 1.58 bits per heavy atom. The van der Waals surface area contributed by atoms with Gasteiger partial charge in [0, 0.05) is 11.4 Å². The van der Waals surface area contributed by atoms with Crippen LogP contribution < -0.4 is 5.73 Å². The summed E-state index contributed by atoms with van der Waals surface area (Å²) in [4.78, 5) is 0. The predicted molar refractivity (Wildman–Crippen MR) is 51.8 cm³/mol. The molecule has 0 aromatic heterocycles. The lowest BCUT2D eigenvalue weighted by molar-refractivity contribution is 1.23. The van der Waals surface area contributed by atoms with Gasteiger partial charge in [-0.1, -0.05) is 23.7 Å². The third-order valence-electron chi connectivity index (χ3n) is 1.62. The Labute approximate surface area is 76.9 Å². The van der Waals surface area contributed by atoms with E-state index in [4.69, 9.17) is 22.7 Å². The van der Waals surface area contributed by atoms with Crippen molar-refractivity contribution in [3.05, 3.63) is 34.3 Å². The summed E-state index contributed by atoms with van der Waals surface area (Å²) in [5.41, 5.74) is 7.32. The molecule has 0 fully saturated rings. The minimum Gasteiger partial charge on any atom is -0.387 e. The van der Waals surface area contributed by atoms with E-state index in [9.17, 15) is 0 Å². The highest BCUT2D eigenvalue weighted by Crippen LogP contribution is 2.16. The first-order valence-corrected chi connectivity index (χ1v) is 4.05. The number of hydrogen-bond acceptors (Lipinski definition) is 1. The van der Waals surface area contributed by atoms with E-state index in [1.807, 2.05) is 25.1 Å². The van der Waals surface area contributed by atoms with Gasteiger partial charge in [0.15, 0.2) is 0 Å². The zero-order chi connectivity index (χ0) is 9.14. The molecule has 0 unspecified atom stereocenters. The molecule has 64 valence electrons. The van der Waals surface area contributed by atoms with Gasteiger partial charge in [0.2, 0.25) is 0 Å². The summed E-state index contributed by atoms with van der Waals surface area (Å²) in [7, 11) is 0. The maximum absolute atomic E-state index is 7.10. The average Bonchev–Trinajstić information content (AvgIpc) is 1.96. The van der Waals surface area contributed by atoms with Crippen molar-refractivity contribution in [1.29, 1.82) is 5.41 Å². The number of hydrogen-bond donors (Lipinski definition) is 2. The number of aryl methyl sites for hydroxylation is 1. The molecule has 0 aliphatic heterocycles. The van der Waals surface area contributed by atoms with E-state index in [2.05, 4.69) is 0 Å². The van der Waals surface area contributed by atoms with Crippen LogP contribution >= 0.6 is 11.6 Å². The molecular formula is C9H11ClN2. The molecule has 0 aliphatic carbocycles. The minimum absolute atomic E-state index is 0.178. The van der Waals surface area contributed by atoms with Crippen LogP contribution in [-0.2, 0) is 6.42 Å². The van der Waals surface area contributed by atoms with Gasteiger partial charge in [-0.15, -0.1) is 0 Å². The van der Waals surface area contributed by atoms with Gasteiger partial charge >= 0.3 is 0 Å². The number of amidine groups is 1. The number of nitrogens with one attached hydrogen (secondary N) is 1. The number of halogens is 1. The van der Waals surface area contributed by atoms with Crippen LogP contribution in [0.25, 0.3) is 0 Å². The van der Waals surface area contributed by atoms with Gasteiger partial charge in [-0.3, -0.25) is 5.41 Å². The first kappa shape index (κ1) is 9.07. The fraction of sp³-hybridized carbons (Fsp3) is 0.222. The summed E-state index contributed by atoms with van der Waals surface area (Å²) in [6, 6.07) is 5.66. The normalized spacial score (nSPS) is 9.83. The van der Waals surface area contributed by atoms with E-state index in [-0.39, 0.29) is 5.84 Å². The first-order chi connectivity index (χ1) is 5.59. The highest BCUT2D eigenvalue weighted by Gasteiger charge is 1.98. The second kappa shape index (κ2) is 3.59. The monoisotopic (exact) mass is 182 g/mol. The molecule has 0 atom stereocenters. The van der Waals surface area contributed by atoms with Crippen LogP contribution in [0, 0.1) is 12.3 Å². The molecule has 0 radical (unpaired) electrons. The molecular weight excluding hydrogens is 172 g/mol. The van der Waals surface area contributed by atoms with Gasteiger partial charge in [0.1, 0.15) is 0 Å². The quantitative estimate of drug-likeness (QED) is 0.534. The van der Waals surface area contributed by atoms with Crippen molar-refractivity contribution in [2.75, 3.05) is 0 Å². The molecule has 3 heteroatoms. The molecule has 12 heavy (non-hydrogen) atoms. The highest BCUT2D eigenvalue weighted by atomic mass is 35.5. The van der Waals surface area contributed by atoms with Crippen LogP contribution in [0.3, 0.4) is 0 Å². The summed E-state index contributed by atoms with van der Waals surface area (Å²) in [5.74, 6) is 0.178. The van der Waals surface area contributed by atoms with Crippen molar-refractivity contribution in [1.82, 2.24) is 0 Å². The Morgan fingerprint density at radius 2 is 2.25 bits per heavy atom. The summed E-state index contributed by atoms with van der Waals surface area (Å²) in [6.07, 6.45) is 0.498. The SMILES string of the molecule is Cc1cc(CC(=N)N)ccc1Cl. The first-order valence-electron chi connectivity index (χ1n) is 3.67. The zero-order valence-corrected chi connectivity index (χ0v) is 7.65. The number of rotatable bonds is 2. The van der Waals surface area contributed by atoms with E-state index >= 15 is 0 Å². The van der Waals surface area contributed by atoms with Gasteiger partial charge in [-0.25, -0.2) is 0 Å². The zero-order valence-electron chi connectivity index (χ0n) is 6.89. The minimum atomic E-state index is 0.178. The third kappa shape index (κ3) is 2.24. The number of benzene rings is 1. The Bertz CT molecular complexity index is 307. The molecule has 1 rings (SSSR count). The molecule has 0 saturated carbocycles. The second-order valence-electron chi connectivity index (χ2n) is 2.79. The van der Waals surface area contributed by atoms with Gasteiger partial charge in [0.25, 0.3) is 0 Å². The highest BCUT2D eigenvalue weighted by molar-refractivity contribution is 6.31. The van der Waals surface area contributed by atoms with Crippen molar-refractivity contribution < 1.29 is 0 Å². The summed E-state index contributed by atoms with van der Waals surface area (Å²) >= 11 is 5.83. The number of nitrogens with two attached hydrogens (primary N) is 1. The molecule has 0 spiro atoms. The summed E-state index contributed by atoms with van der Waals surface area (Å²) in [6.45, 7) is 1.94. The summed E-state index contributed by atoms with van der Waals surface area (Å²) < 4.78 is 0. The van der Waals surface area contributed by atoms with Crippen LogP contribution in [0.15, 0.2) is 18.2 Å². The molecule has 2 nitrogen and oxygen atoms in total. The van der Waals surface area contributed by atoms with Crippen LogP contribution in [0.1, 0.15) is 11.1 Å². The lowest BCUT2D eigenvalue weighted by atomic mass is 10.1. The van der Waals surface area contributed by atoms with Gasteiger partial charge in [-0.05, 0) is 24.1 Å². The average molecular weight is 183 g/mol. The second-order valence-corrected chi connectivity index (χ2v) is 3.19. The Kier molecular flexibility index (Phi) is 2.71. The van der Waals surface area contributed by atoms with E-state index in [0.717, 1.165) is 16.1 Å². The molecule has 0 heterocycles. The van der Waals surface area contributed by atoms with Crippen molar-refractivity contribution in [2.24, 2.45) is 5.73 Å². The van der Waals surface area contributed by atoms with E-state index in [0.29, 0.717) is 6.42 Å². The van der Waals surface area contributed by atoms with E-state index in [1.54, 1.807) is 0 Å². The fourth-order valence-corrected chi connectivity index (χ4v) is 1.15. The molecule has 3 N–H and O–H groups in total. The maximum atomic E-state index is 7.10. The van der Waals surface area contributed by atoms with Crippen molar-refractivity contribution >= 4 is 17.4 Å². The van der Waals surface area contributed by atoms with Crippen LogP contribution in [0.2, 0.25) is 5.02 Å². The van der Waals surface area contributed by atoms with Gasteiger partial charge in [0.05, 0.1) is 5.84 Å². The molecule has 0 amide bonds. The standard InChI is InChI=1S/C9H11ClN2/c1-6-4-7(5-9(11)12)2-3-8(6)10/h2-4H,5H2,1H3,(H3,11,12).